The van der Waals surface area contributed by atoms with Gasteiger partial charge >= 0.3 is 0 Å². The van der Waals surface area contributed by atoms with Gasteiger partial charge in [0.1, 0.15) is 11.5 Å². The van der Waals surface area contributed by atoms with Gasteiger partial charge in [0.15, 0.2) is 6.61 Å². The van der Waals surface area contributed by atoms with Gasteiger partial charge in [0.25, 0.3) is 5.91 Å². The first-order chi connectivity index (χ1) is 14.2. The van der Waals surface area contributed by atoms with E-state index >= 15 is 0 Å². The van der Waals surface area contributed by atoms with Crippen LogP contribution in [0.25, 0.3) is 0 Å². The largest absolute Gasteiger partial charge is 0.493 e. The number of para-hydroxylation sites is 1. The lowest BCUT2D eigenvalue weighted by Gasteiger charge is -2.09. The van der Waals surface area contributed by atoms with Crippen molar-refractivity contribution in [2.75, 3.05) is 13.2 Å². The van der Waals surface area contributed by atoms with Crippen LogP contribution in [0.5, 0.6) is 11.5 Å². The molecule has 6 heteroatoms. The van der Waals surface area contributed by atoms with Crippen molar-refractivity contribution in [2.24, 2.45) is 5.10 Å². The van der Waals surface area contributed by atoms with Gasteiger partial charge in [-0.15, -0.1) is 0 Å². The van der Waals surface area contributed by atoms with E-state index in [4.69, 9.17) is 9.47 Å². The topological polar surface area (TPSA) is 59.9 Å². The number of hydrogen-bond acceptors (Lipinski definition) is 4. The second-order valence-electron chi connectivity index (χ2n) is 6.69. The van der Waals surface area contributed by atoms with Crippen LogP contribution in [-0.4, -0.2) is 25.3 Å². The van der Waals surface area contributed by atoms with Crippen LogP contribution in [0.1, 0.15) is 51.0 Å². The molecular formula is C23H29BrN2O3. The Kier molecular flexibility index (Phi) is 10.9. The Morgan fingerprint density at radius 2 is 1.72 bits per heavy atom. The molecule has 0 aliphatic heterocycles. The summed E-state index contributed by atoms with van der Waals surface area (Å²) in [6.07, 6.45) is 8.94. The monoisotopic (exact) mass is 460 g/mol. The van der Waals surface area contributed by atoms with E-state index in [1.165, 1.54) is 32.1 Å². The molecule has 2 aromatic carbocycles. The van der Waals surface area contributed by atoms with E-state index in [1.54, 1.807) is 18.3 Å². The van der Waals surface area contributed by atoms with Crippen molar-refractivity contribution in [3.8, 4) is 11.5 Å². The number of amides is 1. The third-order valence-corrected chi connectivity index (χ3v) is 4.78. The van der Waals surface area contributed by atoms with Crippen molar-refractivity contribution in [3.63, 3.8) is 0 Å². The van der Waals surface area contributed by atoms with E-state index in [2.05, 4.69) is 33.4 Å². The molecule has 0 saturated carbocycles. The second-order valence-corrected chi connectivity index (χ2v) is 7.61. The lowest BCUT2D eigenvalue weighted by molar-refractivity contribution is -0.123. The third-order valence-electron chi connectivity index (χ3n) is 4.25. The first-order valence-corrected chi connectivity index (χ1v) is 10.9. The standard InChI is InChI=1S/C23H29BrN2O3/c1-2-3-4-5-6-9-16-28-22-11-8-7-10-19(22)17-25-26-23(27)18-29-21-14-12-20(24)13-15-21/h7-8,10-15,17H,2-6,9,16,18H2,1H3,(H,26,27). The number of hydrazone groups is 1. The summed E-state index contributed by atoms with van der Waals surface area (Å²) in [5.74, 6) is 1.07. The summed E-state index contributed by atoms with van der Waals surface area (Å²) in [4.78, 5) is 11.9. The van der Waals surface area contributed by atoms with E-state index in [1.807, 2.05) is 36.4 Å². The number of ether oxygens (including phenoxy) is 2. The molecule has 2 rings (SSSR count). The molecule has 5 nitrogen and oxygen atoms in total. The van der Waals surface area contributed by atoms with Crippen molar-refractivity contribution >= 4 is 28.1 Å². The third kappa shape index (κ3) is 9.61. The van der Waals surface area contributed by atoms with Gasteiger partial charge in [-0.2, -0.15) is 5.10 Å². The Labute approximate surface area is 181 Å². The van der Waals surface area contributed by atoms with Crippen LogP contribution < -0.4 is 14.9 Å². The molecule has 1 N–H and O–H groups in total. The molecule has 1 amide bonds. The fraction of sp³-hybridized carbons (Fsp3) is 0.391. The maximum absolute atomic E-state index is 11.9. The number of carbonyl (C=O) groups is 1. The second kappa shape index (κ2) is 13.8. The summed E-state index contributed by atoms with van der Waals surface area (Å²) in [6, 6.07) is 15.0. The van der Waals surface area contributed by atoms with Crippen molar-refractivity contribution in [1.29, 1.82) is 0 Å². The Morgan fingerprint density at radius 3 is 2.52 bits per heavy atom. The van der Waals surface area contributed by atoms with Gasteiger partial charge in [0.05, 0.1) is 12.8 Å². The zero-order valence-electron chi connectivity index (χ0n) is 16.9. The summed E-state index contributed by atoms with van der Waals surface area (Å²) in [5, 5.41) is 4.01. The summed E-state index contributed by atoms with van der Waals surface area (Å²) in [5.41, 5.74) is 3.30. The Bertz CT molecular complexity index is 763. The average molecular weight is 461 g/mol. The van der Waals surface area contributed by atoms with Crippen LogP contribution in [0.3, 0.4) is 0 Å². The molecule has 0 radical (unpaired) electrons. The summed E-state index contributed by atoms with van der Waals surface area (Å²) in [6.45, 7) is 2.80. The fourth-order valence-corrected chi connectivity index (χ4v) is 2.93. The highest BCUT2D eigenvalue weighted by Crippen LogP contribution is 2.17. The number of nitrogens with one attached hydrogen (secondary N) is 1. The minimum Gasteiger partial charge on any atom is -0.493 e. The predicted molar refractivity (Wildman–Crippen MR) is 121 cm³/mol. The molecule has 0 aliphatic carbocycles. The molecule has 0 atom stereocenters. The highest BCUT2D eigenvalue weighted by Gasteiger charge is 2.03. The van der Waals surface area contributed by atoms with E-state index in [9.17, 15) is 4.79 Å². The quantitative estimate of drug-likeness (QED) is 0.236. The maximum atomic E-state index is 11.9. The van der Waals surface area contributed by atoms with Gasteiger partial charge in [-0.05, 0) is 42.8 Å². The first kappa shape index (κ1) is 22.9. The smallest absolute Gasteiger partial charge is 0.277 e. The van der Waals surface area contributed by atoms with Crippen LogP contribution in [0.2, 0.25) is 0 Å². The zero-order chi connectivity index (χ0) is 20.7. The van der Waals surface area contributed by atoms with E-state index in [0.29, 0.717) is 12.4 Å². The minimum atomic E-state index is -0.324. The van der Waals surface area contributed by atoms with Crippen LogP contribution in [0.15, 0.2) is 58.1 Å². The van der Waals surface area contributed by atoms with Gasteiger partial charge < -0.3 is 9.47 Å². The number of halogens is 1. The van der Waals surface area contributed by atoms with Crippen LogP contribution in [0, 0.1) is 0 Å². The van der Waals surface area contributed by atoms with Crippen molar-refractivity contribution in [2.45, 2.75) is 45.4 Å². The molecule has 0 unspecified atom stereocenters. The molecule has 0 bridgehead atoms. The lowest BCUT2D eigenvalue weighted by Crippen LogP contribution is -2.24. The molecule has 156 valence electrons. The van der Waals surface area contributed by atoms with E-state index in [-0.39, 0.29) is 12.5 Å². The van der Waals surface area contributed by atoms with Gasteiger partial charge in [0, 0.05) is 10.0 Å². The number of unbranched alkanes of at least 4 members (excludes halogenated alkanes) is 5. The van der Waals surface area contributed by atoms with Gasteiger partial charge in [0.2, 0.25) is 0 Å². The summed E-state index contributed by atoms with van der Waals surface area (Å²) < 4.78 is 12.3. The summed E-state index contributed by atoms with van der Waals surface area (Å²) >= 11 is 3.36. The number of benzene rings is 2. The lowest BCUT2D eigenvalue weighted by atomic mass is 10.1. The SMILES string of the molecule is CCCCCCCCOc1ccccc1C=NNC(=O)COc1ccc(Br)cc1. The molecule has 2 aromatic rings. The first-order valence-electron chi connectivity index (χ1n) is 10.1. The molecule has 0 saturated heterocycles. The zero-order valence-corrected chi connectivity index (χ0v) is 18.5. The van der Waals surface area contributed by atoms with Crippen molar-refractivity contribution in [1.82, 2.24) is 5.43 Å². The molecule has 0 aliphatic rings. The van der Waals surface area contributed by atoms with Crippen LogP contribution in [0.4, 0.5) is 0 Å². The van der Waals surface area contributed by atoms with Crippen molar-refractivity contribution < 1.29 is 14.3 Å². The molecular weight excluding hydrogens is 432 g/mol. The highest BCUT2D eigenvalue weighted by atomic mass is 79.9. The number of rotatable bonds is 13. The van der Waals surface area contributed by atoms with Crippen LogP contribution >= 0.6 is 15.9 Å². The van der Waals surface area contributed by atoms with E-state index in [0.717, 1.165) is 22.2 Å². The van der Waals surface area contributed by atoms with Gasteiger partial charge in [-0.1, -0.05) is 67.1 Å². The Balaban J connectivity index is 1.72. The normalized spacial score (nSPS) is 10.8. The Morgan fingerprint density at radius 1 is 1.00 bits per heavy atom. The molecule has 0 fully saturated rings. The highest BCUT2D eigenvalue weighted by molar-refractivity contribution is 9.10. The van der Waals surface area contributed by atoms with Crippen LogP contribution in [-0.2, 0) is 4.79 Å². The minimum absolute atomic E-state index is 0.102. The fourth-order valence-electron chi connectivity index (χ4n) is 2.67. The summed E-state index contributed by atoms with van der Waals surface area (Å²) in [7, 11) is 0. The molecule has 0 spiro atoms. The van der Waals surface area contributed by atoms with Gasteiger partial charge in [-0.3, -0.25) is 4.79 Å². The van der Waals surface area contributed by atoms with Crippen molar-refractivity contribution in [3.05, 3.63) is 58.6 Å². The molecule has 29 heavy (non-hydrogen) atoms. The number of nitrogens with zero attached hydrogens (tertiary/aromatic N) is 1. The number of hydrogen-bond donors (Lipinski definition) is 1. The maximum Gasteiger partial charge on any atom is 0.277 e. The molecule has 0 heterocycles. The van der Waals surface area contributed by atoms with E-state index < -0.39 is 0 Å². The average Bonchev–Trinajstić information content (AvgIpc) is 2.73. The predicted octanol–water partition coefficient (Wildman–Crippen LogP) is 5.72. The number of carbonyl (C=O) groups excluding carboxylic acids is 1. The van der Waals surface area contributed by atoms with Gasteiger partial charge in [-0.25, -0.2) is 5.43 Å². The Hall–Kier alpha value is -2.34. The molecule has 0 aromatic heterocycles.